The second-order valence-electron chi connectivity index (χ2n) is 5.70. The molecular weight excluding hydrogens is 309 g/mol. The second-order valence-corrected chi connectivity index (χ2v) is 5.70. The van der Waals surface area contributed by atoms with E-state index in [1.807, 2.05) is 30.3 Å². The lowest BCUT2D eigenvalue weighted by Gasteiger charge is -2.19. The van der Waals surface area contributed by atoms with Gasteiger partial charge in [-0.3, -0.25) is 9.59 Å². The van der Waals surface area contributed by atoms with Crippen molar-refractivity contribution >= 4 is 11.9 Å². The van der Waals surface area contributed by atoms with Crippen LogP contribution >= 0.6 is 0 Å². The molecule has 0 heterocycles. The molecule has 0 spiro atoms. The third-order valence-corrected chi connectivity index (χ3v) is 3.88. The van der Waals surface area contributed by atoms with Gasteiger partial charge in [0.05, 0.1) is 0 Å². The van der Waals surface area contributed by atoms with Crippen molar-refractivity contribution in [3.8, 4) is 0 Å². The molecule has 0 aliphatic heterocycles. The fourth-order valence-electron chi connectivity index (χ4n) is 2.54. The molecule has 5 heteroatoms. The van der Waals surface area contributed by atoms with Gasteiger partial charge in [-0.25, -0.2) is 4.39 Å². The van der Waals surface area contributed by atoms with E-state index in [1.165, 1.54) is 12.1 Å². The normalized spacial score (nSPS) is 11.8. The lowest BCUT2D eigenvalue weighted by Crippen LogP contribution is -2.37. The zero-order chi connectivity index (χ0) is 17.5. The van der Waals surface area contributed by atoms with Gasteiger partial charge in [0.1, 0.15) is 5.82 Å². The van der Waals surface area contributed by atoms with Crippen molar-refractivity contribution in [2.24, 2.45) is 0 Å². The van der Waals surface area contributed by atoms with Crippen LogP contribution < -0.4 is 5.32 Å². The van der Waals surface area contributed by atoms with Gasteiger partial charge in [0.25, 0.3) is 5.91 Å². The van der Waals surface area contributed by atoms with Crippen LogP contribution in [0.25, 0.3) is 0 Å². The van der Waals surface area contributed by atoms with Gasteiger partial charge in [-0.15, -0.1) is 0 Å². The van der Waals surface area contributed by atoms with Gasteiger partial charge in [0.2, 0.25) is 0 Å². The van der Waals surface area contributed by atoms with Crippen molar-refractivity contribution in [1.29, 1.82) is 0 Å². The van der Waals surface area contributed by atoms with Crippen LogP contribution in [0.3, 0.4) is 0 Å². The first-order valence-corrected chi connectivity index (χ1v) is 7.79. The molecule has 4 nitrogen and oxygen atoms in total. The number of carbonyl (C=O) groups excluding carboxylic acids is 1. The van der Waals surface area contributed by atoms with Gasteiger partial charge in [0, 0.05) is 18.0 Å². The van der Waals surface area contributed by atoms with Crippen LogP contribution in [0.1, 0.15) is 34.3 Å². The van der Waals surface area contributed by atoms with Crippen molar-refractivity contribution in [1.82, 2.24) is 5.32 Å². The molecule has 0 aliphatic rings. The van der Waals surface area contributed by atoms with E-state index >= 15 is 0 Å². The average Bonchev–Trinajstić information content (AvgIpc) is 2.56. The van der Waals surface area contributed by atoms with E-state index in [9.17, 15) is 14.0 Å². The van der Waals surface area contributed by atoms with Crippen LogP contribution in [-0.4, -0.2) is 23.0 Å². The quantitative estimate of drug-likeness (QED) is 0.819. The predicted molar refractivity (Wildman–Crippen MR) is 89.4 cm³/mol. The first-order valence-electron chi connectivity index (χ1n) is 7.79. The van der Waals surface area contributed by atoms with E-state index in [-0.39, 0.29) is 23.6 Å². The maximum Gasteiger partial charge on any atom is 0.303 e. The molecule has 0 bridgehead atoms. The summed E-state index contributed by atoms with van der Waals surface area (Å²) in [7, 11) is 0. The Bertz CT molecular complexity index is 716. The summed E-state index contributed by atoms with van der Waals surface area (Å²) in [6.07, 6.45) is 0.790. The van der Waals surface area contributed by atoms with Gasteiger partial charge in [-0.2, -0.15) is 0 Å². The van der Waals surface area contributed by atoms with Crippen molar-refractivity contribution in [3.63, 3.8) is 0 Å². The van der Waals surface area contributed by atoms with Gasteiger partial charge in [0.15, 0.2) is 0 Å². The highest BCUT2D eigenvalue weighted by molar-refractivity contribution is 5.95. The molecule has 0 aliphatic carbocycles. The molecular formula is C19H20FNO3. The van der Waals surface area contributed by atoms with Gasteiger partial charge in [-0.05, 0) is 43.0 Å². The Morgan fingerprint density at radius 3 is 2.50 bits per heavy atom. The average molecular weight is 329 g/mol. The summed E-state index contributed by atoms with van der Waals surface area (Å²) in [5.74, 6) is -1.74. The van der Waals surface area contributed by atoms with Crippen molar-refractivity contribution in [3.05, 3.63) is 71.0 Å². The smallest absolute Gasteiger partial charge is 0.303 e. The van der Waals surface area contributed by atoms with Crippen molar-refractivity contribution < 1.29 is 19.1 Å². The second kappa shape index (κ2) is 8.24. The monoisotopic (exact) mass is 329 g/mol. The zero-order valence-corrected chi connectivity index (χ0v) is 13.5. The Morgan fingerprint density at radius 2 is 1.83 bits per heavy atom. The molecule has 2 aromatic carbocycles. The Morgan fingerprint density at radius 1 is 1.12 bits per heavy atom. The first-order chi connectivity index (χ1) is 11.5. The minimum atomic E-state index is -0.913. The van der Waals surface area contributed by atoms with E-state index in [1.54, 1.807) is 13.0 Å². The summed E-state index contributed by atoms with van der Waals surface area (Å²) in [6.45, 7) is 1.55. The topological polar surface area (TPSA) is 66.4 Å². The number of carboxylic acids is 1. The largest absolute Gasteiger partial charge is 0.481 e. The number of amides is 1. The number of carboxylic acid groups (broad SMARTS) is 1. The Hall–Kier alpha value is -2.69. The van der Waals surface area contributed by atoms with E-state index < -0.39 is 17.7 Å². The number of halogens is 1. The van der Waals surface area contributed by atoms with Gasteiger partial charge in [-0.1, -0.05) is 36.4 Å². The summed E-state index contributed by atoms with van der Waals surface area (Å²) >= 11 is 0. The highest BCUT2D eigenvalue weighted by Crippen LogP contribution is 2.14. The molecule has 0 fully saturated rings. The first kappa shape index (κ1) is 17.7. The number of rotatable bonds is 7. The van der Waals surface area contributed by atoms with Crippen LogP contribution in [0.2, 0.25) is 0 Å². The maximum atomic E-state index is 13.6. The molecule has 2 aromatic rings. The lowest BCUT2D eigenvalue weighted by atomic mass is 10.0. The molecule has 0 radical (unpaired) electrons. The summed E-state index contributed by atoms with van der Waals surface area (Å²) in [4.78, 5) is 23.3. The highest BCUT2D eigenvalue weighted by atomic mass is 19.1. The molecule has 1 amide bonds. The Labute approximate surface area is 140 Å². The molecule has 0 aromatic heterocycles. The summed E-state index contributed by atoms with van der Waals surface area (Å²) < 4.78 is 13.6. The molecule has 126 valence electrons. The number of hydrogen-bond acceptors (Lipinski definition) is 2. The van der Waals surface area contributed by atoms with E-state index in [4.69, 9.17) is 5.11 Å². The predicted octanol–water partition coefficient (Wildman–Crippen LogP) is 3.34. The molecule has 0 saturated carbocycles. The third-order valence-electron chi connectivity index (χ3n) is 3.88. The number of carbonyl (C=O) groups is 2. The lowest BCUT2D eigenvalue weighted by molar-refractivity contribution is -0.137. The van der Waals surface area contributed by atoms with Crippen LogP contribution in [0.4, 0.5) is 4.39 Å². The van der Waals surface area contributed by atoms with Crippen molar-refractivity contribution in [2.75, 3.05) is 0 Å². The minimum absolute atomic E-state index is 0.0418. The highest BCUT2D eigenvalue weighted by Gasteiger charge is 2.18. The Balaban J connectivity index is 2.12. The molecule has 1 atom stereocenters. The summed E-state index contributed by atoms with van der Waals surface area (Å²) in [5.41, 5.74) is 1.55. The number of nitrogens with one attached hydrogen (secondary N) is 1. The third kappa shape index (κ3) is 4.91. The molecule has 0 saturated heterocycles. The van der Waals surface area contributed by atoms with Crippen LogP contribution in [0.15, 0.2) is 48.5 Å². The van der Waals surface area contributed by atoms with E-state index in [0.717, 1.165) is 5.56 Å². The van der Waals surface area contributed by atoms with Crippen LogP contribution in [-0.2, 0) is 11.2 Å². The molecule has 1 unspecified atom stereocenters. The standard InChI is InChI=1S/C19H20FNO3/c1-13-16(8-5-9-17(13)20)19(24)21-15(10-11-18(22)23)12-14-6-3-2-4-7-14/h2-9,15H,10-12H2,1H3,(H,21,24)(H,22,23). The summed E-state index contributed by atoms with van der Waals surface area (Å²) in [5, 5.41) is 11.7. The fourth-order valence-corrected chi connectivity index (χ4v) is 2.54. The zero-order valence-electron chi connectivity index (χ0n) is 13.5. The van der Waals surface area contributed by atoms with Crippen LogP contribution in [0, 0.1) is 12.7 Å². The van der Waals surface area contributed by atoms with Crippen LogP contribution in [0.5, 0.6) is 0 Å². The number of aliphatic carboxylic acids is 1. The fraction of sp³-hybridized carbons (Fsp3) is 0.263. The SMILES string of the molecule is Cc1c(F)cccc1C(=O)NC(CCC(=O)O)Cc1ccccc1. The number of benzene rings is 2. The Kier molecular flexibility index (Phi) is 6.07. The van der Waals surface area contributed by atoms with Gasteiger partial charge >= 0.3 is 5.97 Å². The molecule has 24 heavy (non-hydrogen) atoms. The minimum Gasteiger partial charge on any atom is -0.481 e. The summed E-state index contributed by atoms with van der Waals surface area (Å²) in [6, 6.07) is 13.5. The van der Waals surface area contributed by atoms with Crippen molar-refractivity contribution in [2.45, 2.75) is 32.2 Å². The molecule has 2 rings (SSSR count). The van der Waals surface area contributed by atoms with Gasteiger partial charge < -0.3 is 10.4 Å². The number of hydrogen-bond donors (Lipinski definition) is 2. The van der Waals surface area contributed by atoms with E-state index in [2.05, 4.69) is 5.32 Å². The maximum absolute atomic E-state index is 13.6. The van der Waals surface area contributed by atoms with E-state index in [0.29, 0.717) is 12.8 Å². The molecule has 2 N–H and O–H groups in total.